The first kappa shape index (κ1) is 17.2. The molecule has 1 aromatic heterocycles. The summed E-state index contributed by atoms with van der Waals surface area (Å²) < 4.78 is 0. The van der Waals surface area contributed by atoms with Crippen LogP contribution in [0.5, 0.6) is 0 Å². The number of aliphatic hydroxyl groups is 1. The lowest BCUT2D eigenvalue weighted by molar-refractivity contribution is -0.119. The van der Waals surface area contributed by atoms with Gasteiger partial charge in [-0.2, -0.15) is 0 Å². The lowest BCUT2D eigenvalue weighted by Crippen LogP contribution is -2.32. The van der Waals surface area contributed by atoms with Gasteiger partial charge in [0.15, 0.2) is 11.5 Å². The number of hydrogen-bond donors (Lipinski definition) is 1. The van der Waals surface area contributed by atoms with Crippen molar-refractivity contribution in [3.63, 3.8) is 0 Å². The fourth-order valence-electron chi connectivity index (χ4n) is 2.88. The number of carbonyl (C=O) groups excluding carboxylic acids is 2. The lowest BCUT2D eigenvalue weighted by atomic mass is 9.93. The largest absolute Gasteiger partial charge is 0.503 e. The summed E-state index contributed by atoms with van der Waals surface area (Å²) in [5, 5.41) is 10.9. The highest BCUT2D eigenvalue weighted by molar-refractivity contribution is 6.31. The minimum atomic E-state index is -0.790. The standard InChI is InChI=1S/C19H17ClN2O3/c1-11(2)17(23)15-16(14-8-3-4-9-21-14)22(19(25)18(15)24)13-7-5-6-12(20)10-13/h3-11,16,24H,1-2H3. The minimum Gasteiger partial charge on any atom is -0.503 e. The fraction of sp³-hybridized carbons (Fsp3) is 0.211. The van der Waals surface area contributed by atoms with Crippen LogP contribution in [0, 0.1) is 5.92 Å². The summed E-state index contributed by atoms with van der Waals surface area (Å²) in [6, 6.07) is 11.2. The second-order valence-electron chi connectivity index (χ2n) is 6.09. The number of Topliss-reactive ketones (excluding diaryl/α,β-unsaturated/α-hetero) is 1. The number of pyridine rings is 1. The number of carbonyl (C=O) groups is 2. The number of nitrogens with zero attached hydrogens (tertiary/aromatic N) is 2. The Morgan fingerprint density at radius 3 is 2.60 bits per heavy atom. The molecule has 0 aliphatic carbocycles. The Morgan fingerprint density at radius 2 is 2.00 bits per heavy atom. The number of aliphatic hydroxyl groups excluding tert-OH is 1. The van der Waals surface area contributed by atoms with Crippen LogP contribution in [0.3, 0.4) is 0 Å². The number of anilines is 1. The van der Waals surface area contributed by atoms with E-state index >= 15 is 0 Å². The van der Waals surface area contributed by atoms with Gasteiger partial charge in [-0.3, -0.25) is 19.5 Å². The van der Waals surface area contributed by atoms with Crippen molar-refractivity contribution in [3.05, 3.63) is 70.7 Å². The fourth-order valence-corrected chi connectivity index (χ4v) is 3.06. The van der Waals surface area contributed by atoms with Crippen molar-refractivity contribution in [2.24, 2.45) is 5.92 Å². The maximum Gasteiger partial charge on any atom is 0.294 e. The van der Waals surface area contributed by atoms with Crippen molar-refractivity contribution in [2.75, 3.05) is 4.90 Å². The smallest absolute Gasteiger partial charge is 0.294 e. The number of halogens is 1. The van der Waals surface area contributed by atoms with E-state index in [2.05, 4.69) is 4.98 Å². The summed E-state index contributed by atoms with van der Waals surface area (Å²) in [5.41, 5.74) is 1.06. The first-order chi connectivity index (χ1) is 11.9. The number of aromatic nitrogens is 1. The normalized spacial score (nSPS) is 17.5. The van der Waals surface area contributed by atoms with Gasteiger partial charge in [0.1, 0.15) is 6.04 Å². The molecule has 1 N–H and O–H groups in total. The van der Waals surface area contributed by atoms with E-state index in [1.807, 2.05) is 0 Å². The zero-order chi connectivity index (χ0) is 18.1. The maximum absolute atomic E-state index is 12.7. The molecule has 1 amide bonds. The number of amides is 1. The van der Waals surface area contributed by atoms with Gasteiger partial charge in [0.05, 0.1) is 11.3 Å². The van der Waals surface area contributed by atoms with Crippen LogP contribution in [0.15, 0.2) is 60.0 Å². The Balaban J connectivity index is 2.19. The Bertz CT molecular complexity index is 862. The average molecular weight is 357 g/mol. The monoisotopic (exact) mass is 356 g/mol. The molecule has 1 atom stereocenters. The third-order valence-corrected chi connectivity index (χ3v) is 4.29. The number of hydrogen-bond acceptors (Lipinski definition) is 4. The summed E-state index contributed by atoms with van der Waals surface area (Å²) in [6.07, 6.45) is 1.59. The lowest BCUT2D eigenvalue weighted by Gasteiger charge is -2.26. The molecular formula is C19H17ClN2O3. The van der Waals surface area contributed by atoms with Crippen LogP contribution in [0.2, 0.25) is 5.02 Å². The predicted molar refractivity (Wildman–Crippen MR) is 95.4 cm³/mol. The topological polar surface area (TPSA) is 70.5 Å². The average Bonchev–Trinajstić information content (AvgIpc) is 2.86. The van der Waals surface area contributed by atoms with Crippen molar-refractivity contribution in [3.8, 4) is 0 Å². The molecule has 2 aromatic rings. The van der Waals surface area contributed by atoms with Gasteiger partial charge in [-0.05, 0) is 30.3 Å². The van der Waals surface area contributed by atoms with Gasteiger partial charge in [-0.15, -0.1) is 0 Å². The van der Waals surface area contributed by atoms with Crippen LogP contribution in [0.4, 0.5) is 5.69 Å². The van der Waals surface area contributed by atoms with E-state index < -0.39 is 17.7 Å². The second kappa shape index (κ2) is 6.69. The molecule has 6 heteroatoms. The van der Waals surface area contributed by atoms with E-state index in [0.717, 1.165) is 0 Å². The van der Waals surface area contributed by atoms with Gasteiger partial charge < -0.3 is 5.11 Å². The first-order valence-electron chi connectivity index (χ1n) is 7.89. The molecule has 0 bridgehead atoms. The van der Waals surface area contributed by atoms with Crippen molar-refractivity contribution in [1.82, 2.24) is 4.98 Å². The number of ketones is 1. The first-order valence-corrected chi connectivity index (χ1v) is 8.27. The van der Waals surface area contributed by atoms with Crippen molar-refractivity contribution in [2.45, 2.75) is 19.9 Å². The summed E-state index contributed by atoms with van der Waals surface area (Å²) in [6.45, 7) is 3.45. The van der Waals surface area contributed by atoms with Crippen molar-refractivity contribution < 1.29 is 14.7 Å². The molecule has 1 aromatic carbocycles. The zero-order valence-corrected chi connectivity index (χ0v) is 14.6. The molecular weight excluding hydrogens is 340 g/mol. The van der Waals surface area contributed by atoms with E-state index in [1.165, 1.54) is 4.90 Å². The number of benzene rings is 1. The predicted octanol–water partition coefficient (Wildman–Crippen LogP) is 3.86. The maximum atomic E-state index is 12.7. The molecule has 0 fully saturated rings. The van der Waals surface area contributed by atoms with Crippen LogP contribution in [-0.2, 0) is 9.59 Å². The van der Waals surface area contributed by atoms with Crippen LogP contribution < -0.4 is 4.90 Å². The molecule has 0 radical (unpaired) electrons. The highest BCUT2D eigenvalue weighted by Gasteiger charge is 2.45. The Labute approximate surface area is 150 Å². The quantitative estimate of drug-likeness (QED) is 0.903. The Kier molecular flexibility index (Phi) is 4.59. The molecule has 2 heterocycles. The highest BCUT2D eigenvalue weighted by atomic mass is 35.5. The van der Waals surface area contributed by atoms with E-state index in [1.54, 1.807) is 62.5 Å². The molecule has 0 saturated heterocycles. The van der Waals surface area contributed by atoms with Gasteiger partial charge in [-0.25, -0.2) is 0 Å². The third kappa shape index (κ3) is 3.03. The van der Waals surface area contributed by atoms with Crippen LogP contribution in [-0.4, -0.2) is 21.8 Å². The zero-order valence-electron chi connectivity index (χ0n) is 13.8. The molecule has 3 rings (SSSR count). The Morgan fingerprint density at radius 1 is 1.24 bits per heavy atom. The summed E-state index contributed by atoms with van der Waals surface area (Å²) >= 11 is 6.05. The highest BCUT2D eigenvalue weighted by Crippen LogP contribution is 2.41. The number of rotatable bonds is 4. The molecule has 1 unspecified atom stereocenters. The molecule has 1 aliphatic rings. The molecule has 128 valence electrons. The minimum absolute atomic E-state index is 0.0682. The second-order valence-corrected chi connectivity index (χ2v) is 6.53. The van der Waals surface area contributed by atoms with Gasteiger partial charge >= 0.3 is 0 Å². The van der Waals surface area contributed by atoms with Gasteiger partial charge in [0.25, 0.3) is 5.91 Å². The van der Waals surface area contributed by atoms with E-state index in [9.17, 15) is 14.7 Å². The molecule has 0 saturated carbocycles. The van der Waals surface area contributed by atoms with Gasteiger partial charge in [-0.1, -0.05) is 37.6 Å². The van der Waals surface area contributed by atoms with Crippen LogP contribution in [0.25, 0.3) is 0 Å². The van der Waals surface area contributed by atoms with Crippen molar-refractivity contribution in [1.29, 1.82) is 0 Å². The van der Waals surface area contributed by atoms with Gasteiger partial charge in [0.2, 0.25) is 0 Å². The summed E-state index contributed by atoms with van der Waals surface area (Å²) in [7, 11) is 0. The van der Waals surface area contributed by atoms with Gasteiger partial charge in [0, 0.05) is 22.8 Å². The molecule has 5 nitrogen and oxygen atoms in total. The van der Waals surface area contributed by atoms with E-state index in [0.29, 0.717) is 16.4 Å². The van der Waals surface area contributed by atoms with E-state index in [-0.39, 0.29) is 17.3 Å². The third-order valence-electron chi connectivity index (χ3n) is 4.05. The van der Waals surface area contributed by atoms with E-state index in [4.69, 9.17) is 11.6 Å². The molecule has 25 heavy (non-hydrogen) atoms. The van der Waals surface area contributed by atoms with Crippen LogP contribution in [0.1, 0.15) is 25.6 Å². The van der Waals surface area contributed by atoms with Crippen LogP contribution >= 0.6 is 11.6 Å². The van der Waals surface area contributed by atoms with Crippen molar-refractivity contribution >= 4 is 29.0 Å². The molecule has 0 spiro atoms. The summed E-state index contributed by atoms with van der Waals surface area (Å²) in [5.74, 6) is -1.82. The summed E-state index contributed by atoms with van der Waals surface area (Å²) in [4.78, 5) is 31.1. The Hall–Kier alpha value is -2.66. The molecule has 1 aliphatic heterocycles. The SMILES string of the molecule is CC(C)C(=O)C1=C(O)C(=O)N(c2cccc(Cl)c2)C1c1ccccn1.